The highest BCUT2D eigenvalue weighted by molar-refractivity contribution is 7.71. The maximum Gasteiger partial charge on any atom is 0.216 e. The third kappa shape index (κ3) is 3.07. The first-order valence-corrected chi connectivity index (χ1v) is 6.90. The van der Waals surface area contributed by atoms with Crippen LogP contribution >= 0.6 is 23.8 Å². The van der Waals surface area contributed by atoms with Crippen LogP contribution in [0.25, 0.3) is 11.4 Å². The summed E-state index contributed by atoms with van der Waals surface area (Å²) in [5.41, 5.74) is 1.70. The second-order valence-corrected chi connectivity index (χ2v) is 5.03. The predicted molar refractivity (Wildman–Crippen MR) is 85.1 cm³/mol. The van der Waals surface area contributed by atoms with Crippen LogP contribution in [0.15, 0.2) is 53.9 Å². The monoisotopic (exact) mass is 315 g/mol. The van der Waals surface area contributed by atoms with Crippen molar-refractivity contribution in [3.63, 3.8) is 0 Å². The molecule has 1 N–H and O–H groups in total. The number of hydrogen-bond acceptors (Lipinski definition) is 4. The Bertz CT molecular complexity index is 838. The highest BCUT2D eigenvalue weighted by Gasteiger charge is 2.08. The Morgan fingerprint density at radius 1 is 1.29 bits per heavy atom. The second kappa shape index (κ2) is 5.99. The molecule has 3 aromatic rings. The fraction of sp³-hybridized carbons (Fsp3) is 0. The summed E-state index contributed by atoms with van der Waals surface area (Å²) < 4.78 is 1.96. The number of halogens is 1. The van der Waals surface area contributed by atoms with E-state index in [1.165, 1.54) is 0 Å². The van der Waals surface area contributed by atoms with E-state index in [2.05, 4.69) is 20.3 Å². The first-order chi connectivity index (χ1) is 10.2. The molecule has 104 valence electrons. The molecular weight excluding hydrogens is 306 g/mol. The normalized spacial score (nSPS) is 11.1. The summed E-state index contributed by atoms with van der Waals surface area (Å²) in [7, 11) is 0. The first kappa shape index (κ1) is 13.7. The molecule has 0 aliphatic rings. The van der Waals surface area contributed by atoms with Crippen LogP contribution in [0.1, 0.15) is 5.56 Å². The maximum atomic E-state index is 6.01. The molecule has 0 atom stereocenters. The Balaban J connectivity index is 2.02. The molecule has 0 amide bonds. The van der Waals surface area contributed by atoms with Crippen LogP contribution in [0.3, 0.4) is 0 Å². The molecule has 0 unspecified atom stereocenters. The Morgan fingerprint density at radius 3 is 2.95 bits per heavy atom. The summed E-state index contributed by atoms with van der Waals surface area (Å²) >= 11 is 11.2. The smallest absolute Gasteiger partial charge is 0.216 e. The van der Waals surface area contributed by atoms with Gasteiger partial charge in [0.25, 0.3) is 0 Å². The number of nitrogens with one attached hydrogen (secondary N) is 1. The quantitative estimate of drug-likeness (QED) is 0.594. The molecule has 0 radical (unpaired) electrons. The summed E-state index contributed by atoms with van der Waals surface area (Å²) in [6, 6.07) is 11.1. The Kier molecular flexibility index (Phi) is 3.89. The molecule has 0 saturated heterocycles. The van der Waals surface area contributed by atoms with E-state index in [4.69, 9.17) is 23.8 Å². The molecule has 0 spiro atoms. The maximum absolute atomic E-state index is 6.01. The van der Waals surface area contributed by atoms with Crippen molar-refractivity contribution in [2.24, 2.45) is 5.10 Å². The van der Waals surface area contributed by atoms with E-state index < -0.39 is 0 Å². The van der Waals surface area contributed by atoms with Crippen LogP contribution in [0.4, 0.5) is 0 Å². The zero-order chi connectivity index (χ0) is 14.7. The van der Waals surface area contributed by atoms with E-state index >= 15 is 0 Å². The van der Waals surface area contributed by atoms with Crippen molar-refractivity contribution in [3.8, 4) is 11.4 Å². The van der Waals surface area contributed by atoms with Crippen molar-refractivity contribution in [2.75, 3.05) is 0 Å². The minimum atomic E-state index is 0.408. The summed E-state index contributed by atoms with van der Waals surface area (Å²) in [4.78, 5) is 4.03. The number of pyridine rings is 1. The number of benzene rings is 1. The topological polar surface area (TPSA) is 58.9 Å². The van der Waals surface area contributed by atoms with Crippen LogP contribution < -0.4 is 0 Å². The van der Waals surface area contributed by atoms with Crippen LogP contribution in [-0.2, 0) is 0 Å². The minimum absolute atomic E-state index is 0.408. The molecule has 0 saturated carbocycles. The highest BCUT2D eigenvalue weighted by atomic mass is 35.5. The van der Waals surface area contributed by atoms with E-state index in [1.54, 1.807) is 29.4 Å². The number of aromatic amines is 1. The Hall–Kier alpha value is -2.31. The zero-order valence-corrected chi connectivity index (χ0v) is 12.3. The predicted octanol–water partition coefficient (Wildman–Crippen LogP) is 3.54. The van der Waals surface area contributed by atoms with Crippen molar-refractivity contribution < 1.29 is 0 Å². The lowest BCUT2D eigenvalue weighted by Gasteiger charge is -2.01. The summed E-state index contributed by atoms with van der Waals surface area (Å²) in [6.07, 6.45) is 5.09. The van der Waals surface area contributed by atoms with Gasteiger partial charge in [-0.2, -0.15) is 14.9 Å². The molecule has 2 aromatic heterocycles. The summed E-state index contributed by atoms with van der Waals surface area (Å²) in [6.45, 7) is 0. The van der Waals surface area contributed by atoms with Crippen molar-refractivity contribution in [2.45, 2.75) is 0 Å². The van der Waals surface area contributed by atoms with Crippen molar-refractivity contribution in [3.05, 3.63) is 64.1 Å². The molecule has 1 aromatic carbocycles. The summed E-state index contributed by atoms with van der Waals surface area (Å²) in [5, 5.41) is 11.9. The first-order valence-electron chi connectivity index (χ1n) is 6.12. The average molecular weight is 316 g/mol. The van der Waals surface area contributed by atoms with Gasteiger partial charge in [0, 0.05) is 28.5 Å². The van der Waals surface area contributed by atoms with Gasteiger partial charge in [0.1, 0.15) is 0 Å². The fourth-order valence-corrected chi connectivity index (χ4v) is 2.16. The van der Waals surface area contributed by atoms with Gasteiger partial charge in [-0.05, 0) is 30.4 Å². The van der Waals surface area contributed by atoms with Gasteiger partial charge in [-0.25, -0.2) is 5.10 Å². The lowest BCUT2D eigenvalue weighted by molar-refractivity contribution is 0.871. The third-order valence-corrected chi connectivity index (χ3v) is 3.24. The molecule has 3 rings (SSSR count). The molecule has 0 fully saturated rings. The van der Waals surface area contributed by atoms with Crippen LogP contribution in [0, 0.1) is 4.77 Å². The van der Waals surface area contributed by atoms with Gasteiger partial charge in [0.05, 0.1) is 6.21 Å². The third-order valence-electron chi connectivity index (χ3n) is 2.74. The van der Waals surface area contributed by atoms with Crippen molar-refractivity contribution in [1.29, 1.82) is 0 Å². The fourth-order valence-electron chi connectivity index (χ4n) is 1.79. The number of hydrogen-bond donors (Lipinski definition) is 1. The second-order valence-electron chi connectivity index (χ2n) is 4.21. The van der Waals surface area contributed by atoms with Crippen molar-refractivity contribution >= 4 is 30.0 Å². The molecule has 21 heavy (non-hydrogen) atoms. The van der Waals surface area contributed by atoms with Crippen LogP contribution in [0.2, 0.25) is 5.02 Å². The van der Waals surface area contributed by atoms with E-state index in [1.807, 2.05) is 30.3 Å². The van der Waals surface area contributed by atoms with E-state index in [0.717, 1.165) is 11.1 Å². The number of aromatic nitrogens is 4. The lowest BCUT2D eigenvalue weighted by atomic mass is 10.2. The molecule has 2 heterocycles. The Morgan fingerprint density at radius 2 is 2.19 bits per heavy atom. The molecular formula is C14H10ClN5S. The highest BCUT2D eigenvalue weighted by Crippen LogP contribution is 2.21. The molecule has 0 aliphatic carbocycles. The SMILES string of the molecule is S=c1[nH]nc(-c2cccc(Cl)c2)n1/N=C\c1cccnc1. The van der Waals surface area contributed by atoms with Crippen LogP contribution in [0.5, 0.6) is 0 Å². The molecule has 7 heteroatoms. The molecule has 5 nitrogen and oxygen atoms in total. The standard InChI is InChI=1S/C14H10ClN5S/c15-12-5-1-4-11(7-12)13-18-19-14(21)20(13)17-9-10-3-2-6-16-8-10/h1-9H,(H,19,21)/b17-9-. The van der Waals surface area contributed by atoms with E-state index in [-0.39, 0.29) is 0 Å². The zero-order valence-electron chi connectivity index (χ0n) is 10.8. The van der Waals surface area contributed by atoms with E-state index in [9.17, 15) is 0 Å². The van der Waals surface area contributed by atoms with E-state index in [0.29, 0.717) is 15.6 Å². The van der Waals surface area contributed by atoms with Gasteiger partial charge >= 0.3 is 0 Å². The van der Waals surface area contributed by atoms with Gasteiger partial charge in [0.15, 0.2) is 5.82 Å². The molecule has 0 aliphatic heterocycles. The lowest BCUT2D eigenvalue weighted by Crippen LogP contribution is -1.95. The Labute approximate surface area is 130 Å². The number of H-pyrrole nitrogens is 1. The van der Waals surface area contributed by atoms with Gasteiger partial charge in [-0.15, -0.1) is 0 Å². The van der Waals surface area contributed by atoms with Gasteiger partial charge in [-0.3, -0.25) is 4.98 Å². The van der Waals surface area contributed by atoms with Gasteiger partial charge in [0.2, 0.25) is 4.77 Å². The number of rotatable bonds is 3. The summed E-state index contributed by atoms with van der Waals surface area (Å²) in [5.74, 6) is 0.600. The average Bonchev–Trinajstić information content (AvgIpc) is 2.87. The van der Waals surface area contributed by atoms with Gasteiger partial charge < -0.3 is 0 Å². The largest absolute Gasteiger partial charge is 0.264 e. The van der Waals surface area contributed by atoms with Crippen molar-refractivity contribution in [1.82, 2.24) is 19.9 Å². The van der Waals surface area contributed by atoms with Gasteiger partial charge in [-0.1, -0.05) is 29.8 Å². The minimum Gasteiger partial charge on any atom is -0.264 e. The van der Waals surface area contributed by atoms with Crippen LogP contribution in [-0.4, -0.2) is 26.1 Å². The number of nitrogens with zero attached hydrogens (tertiary/aromatic N) is 4. The molecule has 0 bridgehead atoms.